The molecule has 5 rings (SSSR count). The van der Waals surface area contributed by atoms with E-state index in [9.17, 15) is 14.1 Å². The zero-order valence-corrected chi connectivity index (χ0v) is 20.0. The third-order valence-electron chi connectivity index (χ3n) is 7.19. The Balaban J connectivity index is 1.22. The van der Waals surface area contributed by atoms with Gasteiger partial charge in [-0.3, -0.25) is 18.6 Å². The number of amides is 1. The summed E-state index contributed by atoms with van der Waals surface area (Å²) in [4.78, 5) is 14.3. The lowest BCUT2D eigenvalue weighted by Crippen LogP contribution is -2.42. The number of carbonyl (C=O) groups excluding carboxylic acids is 1. The normalized spacial score (nSPS) is 29.3. The van der Waals surface area contributed by atoms with Gasteiger partial charge in [0.15, 0.2) is 6.10 Å². The third-order valence-corrected chi connectivity index (χ3v) is 8.75. The van der Waals surface area contributed by atoms with Crippen LogP contribution in [0.2, 0.25) is 5.02 Å². The number of aliphatic hydroxyl groups is 1. The molecule has 4 heterocycles. The molecule has 2 aromatic rings. The van der Waals surface area contributed by atoms with Gasteiger partial charge in [0.2, 0.25) is 0 Å². The van der Waals surface area contributed by atoms with Gasteiger partial charge in [-0.25, -0.2) is 0 Å². The number of likely N-dealkylation sites (tertiary alicyclic amines) is 1. The number of rotatable bonds is 5. The fourth-order valence-corrected chi connectivity index (χ4v) is 6.89. The number of primary amides is 1. The number of halogens is 1. The van der Waals surface area contributed by atoms with Crippen molar-refractivity contribution in [2.75, 3.05) is 24.6 Å². The minimum atomic E-state index is -0.833. The van der Waals surface area contributed by atoms with Gasteiger partial charge in [0, 0.05) is 58.7 Å². The second-order valence-corrected chi connectivity index (χ2v) is 11.7. The monoisotopic (exact) mass is 492 g/mol. The third kappa shape index (κ3) is 4.61. The zero-order chi connectivity index (χ0) is 23.2. The number of ether oxygens (including phenoxy) is 1. The number of carbonyl (C=O) groups is 1. The second kappa shape index (κ2) is 8.78. The van der Waals surface area contributed by atoms with E-state index < -0.39 is 34.0 Å². The minimum Gasteiger partial charge on any atom is -0.388 e. The number of fused-ring (bicyclic) bond motifs is 2. The number of piperidine rings is 1. The topological polar surface area (TPSA) is 111 Å². The van der Waals surface area contributed by atoms with Gasteiger partial charge >= 0.3 is 0 Å². The van der Waals surface area contributed by atoms with E-state index in [1.807, 2.05) is 24.5 Å². The van der Waals surface area contributed by atoms with Gasteiger partial charge in [-0.1, -0.05) is 17.7 Å². The largest absolute Gasteiger partial charge is 0.388 e. The molecule has 8 nitrogen and oxygen atoms in total. The number of nitrogens with zero attached hydrogens (tertiary/aromatic N) is 3. The molecule has 3 aliphatic heterocycles. The number of benzene rings is 1. The van der Waals surface area contributed by atoms with E-state index in [-0.39, 0.29) is 0 Å². The predicted molar refractivity (Wildman–Crippen MR) is 125 cm³/mol. The SMILES string of the molecule is NC(=O)C1OC2(CCN(Cc3cnn(CC4(O)CCS(=O)CC4)c3)CC2)c2cc(Cl)ccc21. The molecule has 2 saturated heterocycles. The molecule has 1 aromatic carbocycles. The second-order valence-electron chi connectivity index (χ2n) is 9.52. The van der Waals surface area contributed by atoms with Gasteiger partial charge < -0.3 is 15.6 Å². The lowest BCUT2D eigenvalue weighted by Gasteiger charge is -2.39. The first-order chi connectivity index (χ1) is 15.8. The van der Waals surface area contributed by atoms with E-state index >= 15 is 0 Å². The Morgan fingerprint density at radius 1 is 1.27 bits per heavy atom. The summed E-state index contributed by atoms with van der Waals surface area (Å²) in [7, 11) is -0.808. The first-order valence-electron chi connectivity index (χ1n) is 11.3. The maximum atomic E-state index is 12.0. The highest BCUT2D eigenvalue weighted by Gasteiger charge is 2.48. The maximum Gasteiger partial charge on any atom is 0.251 e. The first kappa shape index (κ1) is 23.0. The van der Waals surface area contributed by atoms with Crippen molar-refractivity contribution in [3.05, 3.63) is 52.3 Å². The molecular weight excluding hydrogens is 464 g/mol. The van der Waals surface area contributed by atoms with Crippen molar-refractivity contribution in [3.63, 3.8) is 0 Å². The van der Waals surface area contributed by atoms with Crippen LogP contribution in [0.4, 0.5) is 0 Å². The van der Waals surface area contributed by atoms with Crippen molar-refractivity contribution in [1.82, 2.24) is 14.7 Å². The van der Waals surface area contributed by atoms with Crippen LogP contribution in [0.15, 0.2) is 30.6 Å². The molecular formula is C23H29ClN4O4S. The fourth-order valence-electron chi connectivity index (χ4n) is 5.30. The highest BCUT2D eigenvalue weighted by Crippen LogP contribution is 2.50. The van der Waals surface area contributed by atoms with Crippen LogP contribution < -0.4 is 5.73 Å². The molecule has 1 amide bonds. The quantitative estimate of drug-likeness (QED) is 0.659. The molecule has 0 saturated carbocycles. The van der Waals surface area contributed by atoms with Gasteiger partial charge in [-0.15, -0.1) is 0 Å². The Kier molecular flexibility index (Phi) is 6.11. The van der Waals surface area contributed by atoms with Gasteiger partial charge in [0.1, 0.15) is 0 Å². The molecule has 1 aromatic heterocycles. The van der Waals surface area contributed by atoms with Crippen LogP contribution in [-0.4, -0.2) is 60.1 Å². The van der Waals surface area contributed by atoms with Crippen molar-refractivity contribution < 1.29 is 18.8 Å². The number of hydrogen-bond acceptors (Lipinski definition) is 6. The van der Waals surface area contributed by atoms with E-state index in [4.69, 9.17) is 22.1 Å². The van der Waals surface area contributed by atoms with Crippen LogP contribution in [0.5, 0.6) is 0 Å². The summed E-state index contributed by atoms with van der Waals surface area (Å²) in [5.74, 6) is 0.622. The Bertz CT molecular complexity index is 1070. The average molecular weight is 493 g/mol. The lowest BCUT2D eigenvalue weighted by atomic mass is 9.83. The molecule has 3 aliphatic rings. The standard InChI is InChI=1S/C23H29ClN4O4S/c24-17-1-2-18-19(11-17)23(32-20(18)21(25)29)3-7-27(8-4-23)13-16-12-26-28(14-16)15-22(30)5-9-33(31)10-6-22/h1-2,11-12,14,20,30H,3-10,13,15H2,(H2,25,29). The van der Waals surface area contributed by atoms with Gasteiger partial charge in [0.05, 0.1) is 23.9 Å². The van der Waals surface area contributed by atoms with Crippen molar-refractivity contribution in [3.8, 4) is 0 Å². The maximum absolute atomic E-state index is 12.0. The van der Waals surface area contributed by atoms with Crippen molar-refractivity contribution in [2.24, 2.45) is 5.73 Å². The molecule has 1 spiro atoms. The molecule has 0 radical (unpaired) electrons. The van der Waals surface area contributed by atoms with Gasteiger partial charge in [-0.2, -0.15) is 5.10 Å². The number of nitrogens with two attached hydrogens (primary N) is 1. The summed E-state index contributed by atoms with van der Waals surface area (Å²) in [5.41, 5.74) is 7.12. The molecule has 1 unspecified atom stereocenters. The van der Waals surface area contributed by atoms with Crippen LogP contribution >= 0.6 is 11.6 Å². The highest BCUT2D eigenvalue weighted by atomic mass is 35.5. The molecule has 33 heavy (non-hydrogen) atoms. The van der Waals surface area contributed by atoms with Crippen LogP contribution in [-0.2, 0) is 39.0 Å². The molecule has 10 heteroatoms. The van der Waals surface area contributed by atoms with E-state index in [0.29, 0.717) is 35.9 Å². The summed E-state index contributed by atoms with van der Waals surface area (Å²) in [6.45, 7) is 2.78. The smallest absolute Gasteiger partial charge is 0.251 e. The van der Waals surface area contributed by atoms with Crippen molar-refractivity contribution >= 4 is 28.3 Å². The molecule has 1 atom stereocenters. The molecule has 2 fully saturated rings. The van der Waals surface area contributed by atoms with Gasteiger partial charge in [-0.05, 0) is 48.9 Å². The van der Waals surface area contributed by atoms with E-state index in [0.717, 1.165) is 49.2 Å². The van der Waals surface area contributed by atoms with Crippen LogP contribution in [0.1, 0.15) is 48.5 Å². The average Bonchev–Trinajstić information content (AvgIpc) is 3.34. The molecule has 0 aliphatic carbocycles. The Morgan fingerprint density at radius 3 is 2.70 bits per heavy atom. The van der Waals surface area contributed by atoms with Crippen molar-refractivity contribution in [1.29, 1.82) is 0 Å². The Morgan fingerprint density at radius 2 is 2.00 bits per heavy atom. The lowest BCUT2D eigenvalue weighted by molar-refractivity contribution is -0.148. The highest BCUT2D eigenvalue weighted by molar-refractivity contribution is 7.85. The summed E-state index contributed by atoms with van der Waals surface area (Å²) in [5, 5.41) is 15.9. The zero-order valence-electron chi connectivity index (χ0n) is 18.4. The van der Waals surface area contributed by atoms with E-state index in [1.165, 1.54) is 0 Å². The first-order valence-corrected chi connectivity index (χ1v) is 13.2. The van der Waals surface area contributed by atoms with Crippen LogP contribution in [0.25, 0.3) is 0 Å². The molecule has 0 bridgehead atoms. The van der Waals surface area contributed by atoms with Gasteiger partial charge in [0.25, 0.3) is 5.91 Å². The number of hydrogen-bond donors (Lipinski definition) is 2. The minimum absolute atomic E-state index is 0.424. The predicted octanol–water partition coefficient (Wildman–Crippen LogP) is 1.86. The summed E-state index contributed by atoms with van der Waals surface area (Å²) < 4.78 is 19.6. The van der Waals surface area contributed by atoms with Crippen molar-refractivity contribution in [2.45, 2.75) is 56.1 Å². The van der Waals surface area contributed by atoms with Crippen LogP contribution in [0, 0.1) is 0 Å². The summed E-state index contributed by atoms with van der Waals surface area (Å²) >= 11 is 6.25. The molecule has 178 valence electrons. The number of aromatic nitrogens is 2. The Hall–Kier alpha value is -1.78. The fraction of sp³-hybridized carbons (Fsp3) is 0.565. The van der Waals surface area contributed by atoms with E-state index in [2.05, 4.69) is 10.00 Å². The van der Waals surface area contributed by atoms with E-state index in [1.54, 1.807) is 10.7 Å². The van der Waals surface area contributed by atoms with Crippen LogP contribution in [0.3, 0.4) is 0 Å². The summed E-state index contributed by atoms with van der Waals surface area (Å²) in [6.07, 6.45) is 5.67. The summed E-state index contributed by atoms with van der Waals surface area (Å²) in [6, 6.07) is 5.53. The Labute approximate surface area is 200 Å². The molecule has 3 N–H and O–H groups in total.